The van der Waals surface area contributed by atoms with Crippen molar-refractivity contribution in [3.8, 4) is 0 Å². The van der Waals surface area contributed by atoms with Gasteiger partial charge in [0.15, 0.2) is 0 Å². The Morgan fingerprint density at radius 2 is 2.29 bits per heavy atom. The molecule has 74 valence electrons. The number of hydrogen-bond acceptors (Lipinski definition) is 1. The first-order valence-electron chi connectivity index (χ1n) is 4.35. The molecular weight excluding hydrogens is 357 g/mol. The molecule has 0 unspecified atom stereocenters. The molecular formula is C10H9BrINO. The zero-order chi connectivity index (χ0) is 10.3. The molecule has 1 aliphatic heterocycles. The van der Waals surface area contributed by atoms with Gasteiger partial charge in [-0.1, -0.05) is 15.9 Å². The fourth-order valence-corrected chi connectivity index (χ4v) is 3.68. The molecule has 1 heterocycles. The van der Waals surface area contributed by atoms with Crippen LogP contribution >= 0.6 is 38.5 Å². The van der Waals surface area contributed by atoms with Crippen LogP contribution in [0.25, 0.3) is 0 Å². The Hall–Kier alpha value is -0.100. The van der Waals surface area contributed by atoms with Crippen LogP contribution in [0.3, 0.4) is 0 Å². The number of carbonyl (C=O) groups excluding carboxylic acids is 1. The summed E-state index contributed by atoms with van der Waals surface area (Å²) in [5, 5.41) is 0. The summed E-state index contributed by atoms with van der Waals surface area (Å²) in [4.78, 5) is 13.2. The molecule has 0 aromatic heterocycles. The molecule has 0 bridgehead atoms. The third-order valence-corrected chi connectivity index (χ3v) is 3.64. The van der Waals surface area contributed by atoms with Crippen LogP contribution < -0.4 is 4.90 Å². The maximum Gasteiger partial charge on any atom is 0.223 e. The molecule has 0 fully saturated rings. The summed E-state index contributed by atoms with van der Waals surface area (Å²) in [6.07, 6.45) is 0.963. The van der Waals surface area contributed by atoms with Crippen LogP contribution in [-0.2, 0) is 11.2 Å². The number of halogens is 2. The van der Waals surface area contributed by atoms with Gasteiger partial charge in [-0.3, -0.25) is 4.79 Å². The number of benzene rings is 1. The highest BCUT2D eigenvalue weighted by molar-refractivity contribution is 14.1. The normalized spacial score (nSPS) is 14.4. The minimum absolute atomic E-state index is 0.129. The Labute approximate surface area is 105 Å². The zero-order valence-electron chi connectivity index (χ0n) is 7.68. The molecule has 1 aromatic rings. The Balaban J connectivity index is 2.54. The summed E-state index contributed by atoms with van der Waals surface area (Å²) in [6, 6.07) is 4.14. The molecule has 2 rings (SSSR count). The number of anilines is 1. The van der Waals surface area contributed by atoms with E-state index in [1.165, 1.54) is 5.56 Å². The fourth-order valence-electron chi connectivity index (χ4n) is 1.77. The second-order valence-corrected chi connectivity index (χ2v) is 5.39. The van der Waals surface area contributed by atoms with Gasteiger partial charge in [0.25, 0.3) is 0 Å². The lowest BCUT2D eigenvalue weighted by Gasteiger charge is -2.16. The van der Waals surface area contributed by atoms with E-state index >= 15 is 0 Å². The van der Waals surface area contributed by atoms with Gasteiger partial charge in [0.05, 0.1) is 5.69 Å². The van der Waals surface area contributed by atoms with E-state index in [0.29, 0.717) is 0 Å². The minimum atomic E-state index is 0.129. The van der Waals surface area contributed by atoms with E-state index in [1.54, 1.807) is 6.92 Å². The van der Waals surface area contributed by atoms with Gasteiger partial charge in [-0.2, -0.15) is 0 Å². The third-order valence-electron chi connectivity index (χ3n) is 2.36. The molecule has 0 N–H and O–H groups in total. The highest BCUT2D eigenvalue weighted by Crippen LogP contribution is 2.35. The highest BCUT2D eigenvalue weighted by atomic mass is 127. The van der Waals surface area contributed by atoms with Gasteiger partial charge >= 0.3 is 0 Å². The molecule has 0 radical (unpaired) electrons. The van der Waals surface area contributed by atoms with Crippen molar-refractivity contribution >= 4 is 50.1 Å². The predicted molar refractivity (Wildman–Crippen MR) is 68.6 cm³/mol. The number of rotatable bonds is 0. The highest BCUT2D eigenvalue weighted by Gasteiger charge is 2.24. The summed E-state index contributed by atoms with van der Waals surface area (Å²) in [7, 11) is 0. The number of amides is 1. The summed E-state index contributed by atoms with van der Waals surface area (Å²) in [6.45, 7) is 2.43. The fraction of sp³-hybridized carbons (Fsp3) is 0.300. The molecule has 0 saturated heterocycles. The number of hydrogen-bond donors (Lipinski definition) is 0. The van der Waals surface area contributed by atoms with Crippen molar-refractivity contribution in [2.75, 3.05) is 11.4 Å². The first-order valence-corrected chi connectivity index (χ1v) is 6.23. The molecule has 1 aromatic carbocycles. The molecule has 0 saturated carbocycles. The van der Waals surface area contributed by atoms with Crippen molar-refractivity contribution in [2.24, 2.45) is 0 Å². The molecule has 0 spiro atoms. The smallest absolute Gasteiger partial charge is 0.223 e. The van der Waals surface area contributed by atoms with Crippen molar-refractivity contribution in [1.29, 1.82) is 0 Å². The summed E-state index contributed by atoms with van der Waals surface area (Å²) >= 11 is 5.74. The topological polar surface area (TPSA) is 20.3 Å². The lowest BCUT2D eigenvalue weighted by atomic mass is 10.2. The van der Waals surface area contributed by atoms with Crippen LogP contribution in [0.5, 0.6) is 0 Å². The van der Waals surface area contributed by atoms with Crippen LogP contribution in [0.15, 0.2) is 16.6 Å². The van der Waals surface area contributed by atoms with E-state index in [4.69, 9.17) is 0 Å². The average molecular weight is 366 g/mol. The maximum atomic E-state index is 11.4. The number of fused-ring (bicyclic) bond motifs is 1. The van der Waals surface area contributed by atoms with E-state index in [-0.39, 0.29) is 5.91 Å². The average Bonchev–Trinajstić information content (AvgIpc) is 2.47. The number of carbonyl (C=O) groups is 1. The number of nitrogens with zero attached hydrogens (tertiary/aromatic N) is 1. The summed E-state index contributed by atoms with van der Waals surface area (Å²) in [5.74, 6) is 0.129. The molecule has 0 atom stereocenters. The standard InChI is InChI=1S/C10H9BrINO/c1-6(14)13-3-2-7-4-8(11)5-9(12)10(7)13/h4-5H,2-3H2,1H3. The van der Waals surface area contributed by atoms with E-state index in [2.05, 4.69) is 44.6 Å². The monoisotopic (exact) mass is 365 g/mol. The van der Waals surface area contributed by atoms with Gasteiger partial charge in [0.1, 0.15) is 0 Å². The van der Waals surface area contributed by atoms with Gasteiger partial charge in [0.2, 0.25) is 5.91 Å². The third kappa shape index (κ3) is 1.69. The van der Waals surface area contributed by atoms with E-state index in [1.807, 2.05) is 11.0 Å². The quantitative estimate of drug-likeness (QED) is 0.647. The van der Waals surface area contributed by atoms with Gasteiger partial charge in [-0.25, -0.2) is 0 Å². The molecule has 1 amide bonds. The predicted octanol–water partition coefficient (Wildman–Crippen LogP) is 2.96. The van der Waals surface area contributed by atoms with Crippen molar-refractivity contribution in [3.05, 3.63) is 25.7 Å². The largest absolute Gasteiger partial charge is 0.311 e. The Bertz CT molecular complexity index is 405. The molecule has 14 heavy (non-hydrogen) atoms. The summed E-state index contributed by atoms with van der Waals surface area (Å²) < 4.78 is 2.23. The summed E-state index contributed by atoms with van der Waals surface area (Å²) in [5.41, 5.74) is 2.36. The SMILES string of the molecule is CC(=O)N1CCc2cc(Br)cc(I)c21. The van der Waals surface area contributed by atoms with Gasteiger partial charge in [-0.15, -0.1) is 0 Å². The minimum Gasteiger partial charge on any atom is -0.311 e. The second-order valence-electron chi connectivity index (χ2n) is 3.32. The first-order chi connectivity index (χ1) is 6.59. The molecule has 4 heteroatoms. The Morgan fingerprint density at radius 1 is 1.57 bits per heavy atom. The van der Waals surface area contributed by atoms with Crippen molar-refractivity contribution in [1.82, 2.24) is 0 Å². The van der Waals surface area contributed by atoms with Crippen LogP contribution in [0.4, 0.5) is 5.69 Å². The lowest BCUT2D eigenvalue weighted by Crippen LogP contribution is -2.26. The van der Waals surface area contributed by atoms with E-state index in [0.717, 1.165) is 26.7 Å². The van der Waals surface area contributed by atoms with E-state index < -0.39 is 0 Å². The van der Waals surface area contributed by atoms with E-state index in [9.17, 15) is 4.79 Å². The van der Waals surface area contributed by atoms with Crippen molar-refractivity contribution in [3.63, 3.8) is 0 Å². The molecule has 2 nitrogen and oxygen atoms in total. The van der Waals surface area contributed by atoms with Crippen molar-refractivity contribution < 1.29 is 4.79 Å². The van der Waals surface area contributed by atoms with Gasteiger partial charge in [-0.05, 0) is 46.7 Å². The van der Waals surface area contributed by atoms with Crippen LogP contribution in [0.2, 0.25) is 0 Å². The second kappa shape index (κ2) is 3.81. The first kappa shape index (κ1) is 10.4. The van der Waals surface area contributed by atoms with Crippen LogP contribution in [0, 0.1) is 3.57 Å². The Morgan fingerprint density at radius 3 is 2.93 bits per heavy atom. The van der Waals surface area contributed by atoms with Crippen molar-refractivity contribution in [2.45, 2.75) is 13.3 Å². The molecule has 1 aliphatic rings. The van der Waals surface area contributed by atoms with Gasteiger partial charge in [0, 0.05) is 21.5 Å². The molecule has 0 aliphatic carbocycles. The Kier molecular flexibility index (Phi) is 2.83. The van der Waals surface area contributed by atoms with Crippen LogP contribution in [-0.4, -0.2) is 12.5 Å². The zero-order valence-corrected chi connectivity index (χ0v) is 11.4. The lowest BCUT2D eigenvalue weighted by molar-refractivity contribution is -0.116. The van der Waals surface area contributed by atoms with Gasteiger partial charge < -0.3 is 4.90 Å². The maximum absolute atomic E-state index is 11.4. The van der Waals surface area contributed by atoms with Crippen LogP contribution in [0.1, 0.15) is 12.5 Å².